The van der Waals surface area contributed by atoms with E-state index < -0.39 is 5.60 Å². The third-order valence-electron chi connectivity index (χ3n) is 5.14. The van der Waals surface area contributed by atoms with Crippen LogP contribution < -0.4 is 5.32 Å². The molecule has 2 N–H and O–H groups in total. The van der Waals surface area contributed by atoms with Crippen LogP contribution in [0.2, 0.25) is 0 Å². The lowest BCUT2D eigenvalue weighted by Crippen LogP contribution is -2.67. The van der Waals surface area contributed by atoms with E-state index >= 15 is 0 Å². The molecular weight excluding hydrogens is 334 g/mol. The summed E-state index contributed by atoms with van der Waals surface area (Å²) >= 11 is 0. The number of fused-ring (bicyclic) bond motifs is 1. The molecule has 0 saturated carbocycles. The van der Waals surface area contributed by atoms with Crippen LogP contribution in [0, 0.1) is 0 Å². The van der Waals surface area contributed by atoms with Crippen LogP contribution in [0.4, 0.5) is 0 Å². The lowest BCUT2D eigenvalue weighted by molar-refractivity contribution is -0.125. The quantitative estimate of drug-likeness (QED) is 0.769. The summed E-state index contributed by atoms with van der Waals surface area (Å²) in [7, 11) is 1.79. The van der Waals surface area contributed by atoms with Gasteiger partial charge in [0.25, 0.3) is 5.91 Å². The predicted octanol–water partition coefficient (Wildman–Crippen LogP) is -0.286. The summed E-state index contributed by atoms with van der Waals surface area (Å²) in [5.41, 5.74) is 1.64. The summed E-state index contributed by atoms with van der Waals surface area (Å²) in [4.78, 5) is 26.3. The van der Waals surface area contributed by atoms with Gasteiger partial charge >= 0.3 is 0 Å². The van der Waals surface area contributed by atoms with Crippen LogP contribution in [0.5, 0.6) is 0 Å². The topological polar surface area (TPSA) is 92.4 Å². The maximum absolute atomic E-state index is 12.8. The summed E-state index contributed by atoms with van der Waals surface area (Å²) in [6, 6.07) is 3.71. The number of hydrogen-bond acceptors (Lipinski definition) is 4. The molecule has 1 fully saturated rings. The van der Waals surface area contributed by atoms with E-state index in [9.17, 15) is 14.7 Å². The molecule has 138 valence electrons. The maximum atomic E-state index is 12.8. The molecule has 2 aromatic rings. The highest BCUT2D eigenvalue weighted by Crippen LogP contribution is 2.28. The number of β-amino-alcohol motifs (C(OH)–C–C–N with tert-alkyl or cyclic N) is 1. The summed E-state index contributed by atoms with van der Waals surface area (Å²) < 4.78 is 3.42. The average molecular weight is 357 g/mol. The van der Waals surface area contributed by atoms with Gasteiger partial charge in [0.2, 0.25) is 5.91 Å². The van der Waals surface area contributed by atoms with E-state index in [1.165, 1.54) is 0 Å². The van der Waals surface area contributed by atoms with Gasteiger partial charge in [-0.1, -0.05) is 0 Å². The van der Waals surface area contributed by atoms with Gasteiger partial charge < -0.3 is 19.9 Å². The summed E-state index contributed by atoms with van der Waals surface area (Å²) in [5, 5.41) is 17.7. The smallest absolute Gasteiger partial charge is 0.272 e. The Morgan fingerprint density at radius 1 is 1.27 bits per heavy atom. The van der Waals surface area contributed by atoms with Crippen LogP contribution in [0.15, 0.2) is 24.5 Å². The van der Waals surface area contributed by atoms with Crippen molar-refractivity contribution in [3.05, 3.63) is 41.5 Å². The number of nitrogens with zero attached hydrogens (tertiary/aromatic N) is 4. The van der Waals surface area contributed by atoms with Crippen LogP contribution in [0.25, 0.3) is 0 Å². The van der Waals surface area contributed by atoms with Gasteiger partial charge in [-0.15, -0.1) is 0 Å². The standard InChI is InChI=1S/C18H23N5O3/c1-21-16(13-5-4-6-14(13)20-21)17(25)23-11-18(26,12-23)10-19-15(24)9-22-7-2-3-8-22/h2-3,7-8,26H,4-6,9-12H2,1H3,(H,19,24). The third-order valence-corrected chi connectivity index (χ3v) is 5.14. The maximum Gasteiger partial charge on any atom is 0.272 e. The number of hydrogen-bond donors (Lipinski definition) is 2. The monoisotopic (exact) mass is 357 g/mol. The van der Waals surface area contributed by atoms with Crippen molar-refractivity contribution in [2.75, 3.05) is 19.6 Å². The number of carbonyl (C=O) groups excluding carboxylic acids is 2. The molecule has 0 spiro atoms. The molecule has 2 aliphatic rings. The molecule has 3 heterocycles. The van der Waals surface area contributed by atoms with Crippen molar-refractivity contribution in [2.24, 2.45) is 7.05 Å². The molecule has 0 aromatic carbocycles. The van der Waals surface area contributed by atoms with Gasteiger partial charge in [0.05, 0.1) is 18.8 Å². The fraction of sp³-hybridized carbons (Fsp3) is 0.500. The zero-order valence-corrected chi connectivity index (χ0v) is 14.8. The average Bonchev–Trinajstić information content (AvgIpc) is 3.27. The number of aliphatic hydroxyl groups is 1. The van der Waals surface area contributed by atoms with E-state index in [4.69, 9.17) is 0 Å². The third kappa shape index (κ3) is 3.01. The minimum Gasteiger partial charge on any atom is -0.384 e. The van der Waals surface area contributed by atoms with Crippen molar-refractivity contribution in [3.8, 4) is 0 Å². The SMILES string of the molecule is Cn1nc2c(c1C(=O)N1CC(O)(CNC(=O)Cn3cccc3)C1)CCC2. The van der Waals surface area contributed by atoms with E-state index in [0.29, 0.717) is 5.69 Å². The Hall–Kier alpha value is -2.61. The van der Waals surface area contributed by atoms with Crippen molar-refractivity contribution in [2.45, 2.75) is 31.4 Å². The van der Waals surface area contributed by atoms with Crippen molar-refractivity contribution in [1.82, 2.24) is 24.6 Å². The number of carbonyl (C=O) groups is 2. The van der Waals surface area contributed by atoms with Crippen LogP contribution in [0.1, 0.15) is 28.2 Å². The number of aromatic nitrogens is 3. The first kappa shape index (κ1) is 16.8. The number of rotatable bonds is 5. The molecule has 0 atom stereocenters. The van der Waals surface area contributed by atoms with E-state index in [2.05, 4.69) is 10.4 Å². The van der Waals surface area contributed by atoms with Crippen LogP contribution >= 0.6 is 0 Å². The van der Waals surface area contributed by atoms with Crippen molar-refractivity contribution in [1.29, 1.82) is 0 Å². The van der Waals surface area contributed by atoms with Gasteiger partial charge in [0, 0.05) is 31.5 Å². The molecule has 0 bridgehead atoms. The second-order valence-electron chi connectivity index (χ2n) is 7.27. The lowest BCUT2D eigenvalue weighted by Gasteiger charge is -2.46. The fourth-order valence-corrected chi connectivity index (χ4v) is 3.82. The molecule has 0 unspecified atom stereocenters. The highest BCUT2D eigenvalue weighted by atomic mass is 16.3. The van der Waals surface area contributed by atoms with Gasteiger partial charge in [-0.05, 0) is 31.4 Å². The molecule has 1 aliphatic carbocycles. The van der Waals surface area contributed by atoms with E-state index in [-0.39, 0.29) is 38.0 Å². The Morgan fingerprint density at radius 2 is 2.00 bits per heavy atom. The zero-order valence-electron chi connectivity index (χ0n) is 14.8. The zero-order chi connectivity index (χ0) is 18.3. The van der Waals surface area contributed by atoms with Crippen molar-refractivity contribution < 1.29 is 14.7 Å². The van der Waals surface area contributed by atoms with E-state index in [1.54, 1.807) is 21.2 Å². The van der Waals surface area contributed by atoms with Crippen LogP contribution in [-0.4, -0.2) is 61.4 Å². The van der Waals surface area contributed by atoms with Gasteiger partial charge in [-0.25, -0.2) is 0 Å². The Morgan fingerprint density at radius 3 is 2.73 bits per heavy atom. The molecule has 4 rings (SSSR count). The number of nitrogens with one attached hydrogen (secondary N) is 1. The predicted molar refractivity (Wildman–Crippen MR) is 93.5 cm³/mol. The Kier molecular flexibility index (Phi) is 4.07. The molecule has 0 radical (unpaired) electrons. The number of aryl methyl sites for hydroxylation is 2. The Balaban J connectivity index is 1.31. The molecule has 26 heavy (non-hydrogen) atoms. The molecule has 2 amide bonds. The summed E-state index contributed by atoms with van der Waals surface area (Å²) in [5.74, 6) is -0.254. The minimum atomic E-state index is -1.07. The first-order valence-electron chi connectivity index (χ1n) is 8.89. The highest BCUT2D eigenvalue weighted by Gasteiger charge is 2.45. The number of likely N-dealkylation sites (tertiary alicyclic amines) is 1. The minimum absolute atomic E-state index is 0.0912. The first-order chi connectivity index (χ1) is 12.5. The van der Waals surface area contributed by atoms with Crippen LogP contribution in [-0.2, 0) is 31.2 Å². The summed E-state index contributed by atoms with van der Waals surface area (Å²) in [6.07, 6.45) is 6.47. The van der Waals surface area contributed by atoms with Gasteiger partial charge in [0.15, 0.2) is 0 Å². The van der Waals surface area contributed by atoms with Gasteiger partial charge in [-0.3, -0.25) is 14.3 Å². The fourth-order valence-electron chi connectivity index (χ4n) is 3.82. The summed E-state index contributed by atoms with van der Waals surface area (Å²) in [6.45, 7) is 0.790. The van der Waals surface area contributed by atoms with Crippen molar-refractivity contribution in [3.63, 3.8) is 0 Å². The second kappa shape index (κ2) is 6.28. The Labute approximate surface area is 151 Å². The largest absolute Gasteiger partial charge is 0.384 e. The lowest BCUT2D eigenvalue weighted by atomic mass is 9.93. The van der Waals surface area contributed by atoms with Gasteiger partial charge in [0.1, 0.15) is 17.8 Å². The highest BCUT2D eigenvalue weighted by molar-refractivity contribution is 5.95. The molecule has 2 aromatic heterocycles. The number of amides is 2. The van der Waals surface area contributed by atoms with E-state index in [1.807, 2.05) is 24.5 Å². The molecule has 8 nitrogen and oxygen atoms in total. The van der Waals surface area contributed by atoms with E-state index in [0.717, 1.165) is 30.5 Å². The first-order valence-corrected chi connectivity index (χ1v) is 8.89. The van der Waals surface area contributed by atoms with Crippen LogP contribution in [0.3, 0.4) is 0 Å². The Bertz CT molecular complexity index is 833. The van der Waals surface area contributed by atoms with Crippen molar-refractivity contribution >= 4 is 11.8 Å². The molecule has 1 aliphatic heterocycles. The van der Waals surface area contributed by atoms with Gasteiger partial charge in [-0.2, -0.15) is 5.10 Å². The molecular formula is C18H23N5O3. The second-order valence-corrected chi connectivity index (χ2v) is 7.27. The normalized spacial score (nSPS) is 17.7. The molecule has 8 heteroatoms. The molecule has 1 saturated heterocycles.